The molecule has 1 fully saturated rings. The van der Waals surface area contributed by atoms with Crippen molar-refractivity contribution in [1.29, 1.82) is 0 Å². The summed E-state index contributed by atoms with van der Waals surface area (Å²) >= 11 is 11.6. The molecule has 0 aromatic heterocycles. The zero-order valence-corrected chi connectivity index (χ0v) is 7.87. The highest BCUT2D eigenvalue weighted by Crippen LogP contribution is 2.21. The number of Topliss-reactive ketones (excluding diaryl/α,β-unsaturated/α-hetero) is 1. The Labute approximate surface area is 77.1 Å². The summed E-state index contributed by atoms with van der Waals surface area (Å²) in [5.41, 5.74) is 0. The van der Waals surface area contributed by atoms with Crippen molar-refractivity contribution in [3.8, 4) is 0 Å². The first kappa shape index (κ1) is 9.34. The van der Waals surface area contributed by atoms with Crippen LogP contribution in [0.1, 0.15) is 32.1 Å². The molecule has 0 aromatic carbocycles. The summed E-state index contributed by atoms with van der Waals surface area (Å²) in [5.74, 6) is 0.0213. The summed E-state index contributed by atoms with van der Waals surface area (Å²) in [6.45, 7) is 0. The molecule has 0 bridgehead atoms. The van der Waals surface area contributed by atoms with Crippen molar-refractivity contribution < 1.29 is 4.79 Å². The molecule has 1 saturated carbocycles. The third-order valence-corrected chi connectivity index (χ3v) is 2.90. The van der Waals surface area contributed by atoms with Gasteiger partial charge in [-0.3, -0.25) is 4.79 Å². The quantitative estimate of drug-likeness (QED) is 0.543. The average Bonchev–Trinajstić information content (AvgIpc) is 2.00. The molecule has 0 aliphatic heterocycles. The molecule has 1 nitrogen and oxygen atoms in total. The molecule has 1 aliphatic rings. The Hall–Kier alpha value is 0.250. The second-order valence-electron chi connectivity index (χ2n) is 2.98. The van der Waals surface area contributed by atoms with Crippen LogP contribution in [0.25, 0.3) is 0 Å². The summed E-state index contributed by atoms with van der Waals surface area (Å²) < 4.78 is 0. The van der Waals surface area contributed by atoms with E-state index >= 15 is 0 Å². The van der Waals surface area contributed by atoms with E-state index in [1.54, 1.807) is 0 Å². The van der Waals surface area contributed by atoms with Crippen molar-refractivity contribution in [2.75, 3.05) is 0 Å². The molecule has 0 heterocycles. The number of carbonyl (C=O) groups is 1. The predicted molar refractivity (Wildman–Crippen MR) is 47.4 cm³/mol. The minimum Gasteiger partial charge on any atom is -0.296 e. The zero-order valence-electron chi connectivity index (χ0n) is 6.35. The second kappa shape index (κ2) is 4.32. The Morgan fingerprint density at radius 2 is 1.45 bits per heavy atom. The van der Waals surface area contributed by atoms with Gasteiger partial charge in [0.15, 0.2) is 5.78 Å². The van der Waals surface area contributed by atoms with Crippen LogP contribution in [0, 0.1) is 0 Å². The standard InChI is InChI=1S/C8H12Cl2O/c9-6-4-2-1-3-5-7(10)8(6)11/h6-7H,1-5H2/t6-,7-/m1/s1. The Balaban J connectivity index is 2.49. The Kier molecular flexibility index (Phi) is 3.67. The highest BCUT2D eigenvalue weighted by Gasteiger charge is 2.24. The largest absolute Gasteiger partial charge is 0.296 e. The van der Waals surface area contributed by atoms with Crippen molar-refractivity contribution in [2.24, 2.45) is 0 Å². The van der Waals surface area contributed by atoms with Gasteiger partial charge in [0, 0.05) is 0 Å². The van der Waals surface area contributed by atoms with Crippen LogP contribution in [0.2, 0.25) is 0 Å². The molecule has 0 radical (unpaired) electrons. The Bertz CT molecular complexity index is 133. The van der Waals surface area contributed by atoms with Crippen LogP contribution >= 0.6 is 23.2 Å². The molecule has 0 N–H and O–H groups in total. The van der Waals surface area contributed by atoms with E-state index in [1.807, 2.05) is 0 Å². The summed E-state index contributed by atoms with van der Waals surface area (Å²) in [6.07, 6.45) is 4.86. The van der Waals surface area contributed by atoms with E-state index in [2.05, 4.69) is 0 Å². The first-order chi connectivity index (χ1) is 5.22. The lowest BCUT2D eigenvalue weighted by atomic mass is 9.99. The van der Waals surface area contributed by atoms with Crippen molar-refractivity contribution in [3.05, 3.63) is 0 Å². The molecule has 1 aliphatic carbocycles. The lowest BCUT2D eigenvalue weighted by molar-refractivity contribution is -0.118. The molecule has 0 saturated heterocycles. The van der Waals surface area contributed by atoms with Gasteiger partial charge < -0.3 is 0 Å². The molecule has 2 atom stereocenters. The smallest absolute Gasteiger partial charge is 0.168 e. The van der Waals surface area contributed by atoms with Gasteiger partial charge in [0.25, 0.3) is 0 Å². The molecule has 0 unspecified atom stereocenters. The van der Waals surface area contributed by atoms with E-state index in [4.69, 9.17) is 23.2 Å². The Morgan fingerprint density at radius 3 is 1.91 bits per heavy atom. The molecule has 0 aromatic rings. The lowest BCUT2D eigenvalue weighted by Gasteiger charge is -2.16. The number of hydrogen-bond donors (Lipinski definition) is 0. The maximum absolute atomic E-state index is 11.2. The fraction of sp³-hybridized carbons (Fsp3) is 0.875. The van der Waals surface area contributed by atoms with Crippen LogP contribution in [0.5, 0.6) is 0 Å². The van der Waals surface area contributed by atoms with Crippen molar-refractivity contribution in [3.63, 3.8) is 0 Å². The molecular formula is C8H12Cl2O. The molecule has 0 amide bonds. The topological polar surface area (TPSA) is 17.1 Å². The lowest BCUT2D eigenvalue weighted by Crippen LogP contribution is -2.26. The molecule has 11 heavy (non-hydrogen) atoms. The van der Waals surface area contributed by atoms with Crippen LogP contribution in [-0.2, 0) is 4.79 Å². The van der Waals surface area contributed by atoms with Crippen molar-refractivity contribution in [1.82, 2.24) is 0 Å². The van der Waals surface area contributed by atoms with Gasteiger partial charge >= 0.3 is 0 Å². The number of hydrogen-bond acceptors (Lipinski definition) is 1. The van der Waals surface area contributed by atoms with Gasteiger partial charge in [-0.05, 0) is 12.8 Å². The third-order valence-electron chi connectivity index (χ3n) is 2.03. The maximum Gasteiger partial charge on any atom is 0.168 e. The summed E-state index contributed by atoms with van der Waals surface area (Å²) in [6, 6.07) is 0. The van der Waals surface area contributed by atoms with Gasteiger partial charge in [0.05, 0.1) is 10.8 Å². The third kappa shape index (κ3) is 2.64. The number of carbonyl (C=O) groups excluding carboxylic acids is 1. The first-order valence-corrected chi connectivity index (χ1v) is 4.91. The van der Waals surface area contributed by atoms with Gasteiger partial charge in [-0.2, -0.15) is 0 Å². The maximum atomic E-state index is 11.2. The first-order valence-electron chi connectivity index (χ1n) is 4.03. The van der Waals surface area contributed by atoms with E-state index in [1.165, 1.54) is 0 Å². The SMILES string of the molecule is O=C1[C@H](Cl)CCCCC[C@H]1Cl. The van der Waals surface area contributed by atoms with E-state index in [0.717, 1.165) is 32.1 Å². The number of halogens is 2. The van der Waals surface area contributed by atoms with E-state index in [-0.39, 0.29) is 16.5 Å². The van der Waals surface area contributed by atoms with Crippen LogP contribution in [-0.4, -0.2) is 16.5 Å². The number of ketones is 1. The van der Waals surface area contributed by atoms with Crippen LogP contribution in [0.4, 0.5) is 0 Å². The van der Waals surface area contributed by atoms with E-state index < -0.39 is 0 Å². The minimum absolute atomic E-state index is 0.0213. The van der Waals surface area contributed by atoms with Crippen molar-refractivity contribution in [2.45, 2.75) is 42.9 Å². The predicted octanol–water partition coefficient (Wildman–Crippen LogP) is 2.73. The fourth-order valence-corrected chi connectivity index (χ4v) is 1.98. The number of rotatable bonds is 0. The van der Waals surface area contributed by atoms with Gasteiger partial charge in [0.2, 0.25) is 0 Å². The molecule has 3 heteroatoms. The van der Waals surface area contributed by atoms with Crippen LogP contribution < -0.4 is 0 Å². The van der Waals surface area contributed by atoms with Gasteiger partial charge in [-0.1, -0.05) is 19.3 Å². The van der Waals surface area contributed by atoms with E-state index in [9.17, 15) is 4.79 Å². The van der Waals surface area contributed by atoms with Gasteiger partial charge in [-0.25, -0.2) is 0 Å². The van der Waals surface area contributed by atoms with Gasteiger partial charge in [-0.15, -0.1) is 23.2 Å². The minimum atomic E-state index is -0.335. The number of alkyl halides is 2. The zero-order chi connectivity index (χ0) is 8.27. The highest BCUT2D eigenvalue weighted by molar-refractivity contribution is 6.40. The molecular weight excluding hydrogens is 183 g/mol. The summed E-state index contributed by atoms with van der Waals surface area (Å²) in [7, 11) is 0. The second-order valence-corrected chi connectivity index (χ2v) is 4.03. The van der Waals surface area contributed by atoms with Crippen LogP contribution in [0.15, 0.2) is 0 Å². The average molecular weight is 195 g/mol. The monoisotopic (exact) mass is 194 g/mol. The van der Waals surface area contributed by atoms with Crippen LogP contribution in [0.3, 0.4) is 0 Å². The Morgan fingerprint density at radius 1 is 1.00 bits per heavy atom. The summed E-state index contributed by atoms with van der Waals surface area (Å²) in [4.78, 5) is 11.2. The molecule has 64 valence electrons. The normalized spacial score (nSPS) is 34.5. The fourth-order valence-electron chi connectivity index (χ4n) is 1.30. The molecule has 1 rings (SSSR count). The van der Waals surface area contributed by atoms with Gasteiger partial charge in [0.1, 0.15) is 0 Å². The summed E-state index contributed by atoms with van der Waals surface area (Å²) in [5, 5.41) is -0.671. The van der Waals surface area contributed by atoms with E-state index in [0.29, 0.717) is 0 Å². The van der Waals surface area contributed by atoms with Crippen molar-refractivity contribution >= 4 is 29.0 Å². The molecule has 0 spiro atoms. The highest BCUT2D eigenvalue weighted by atomic mass is 35.5.